The predicted octanol–water partition coefficient (Wildman–Crippen LogP) is 3.06. The molecule has 2 rings (SSSR count). The topological polar surface area (TPSA) is 116 Å². The first-order valence-corrected chi connectivity index (χ1v) is 10.7. The molecule has 1 amide bonds. The van der Waals surface area contributed by atoms with Crippen molar-refractivity contribution in [2.24, 2.45) is 5.92 Å². The number of nitrogens with one attached hydrogen (secondary N) is 1. The summed E-state index contributed by atoms with van der Waals surface area (Å²) in [6.45, 7) is 5.33. The van der Waals surface area contributed by atoms with Gasteiger partial charge >= 0.3 is 0 Å². The maximum Gasteiger partial charge on any atom is 0.227 e. The van der Waals surface area contributed by atoms with Crippen molar-refractivity contribution in [3.05, 3.63) is 59.2 Å². The maximum atomic E-state index is 12.6. The van der Waals surface area contributed by atoms with E-state index in [9.17, 15) is 24.9 Å². The van der Waals surface area contributed by atoms with Crippen LogP contribution in [0.2, 0.25) is 0 Å². The minimum Gasteiger partial charge on any atom is -0.508 e. The molecule has 0 unspecified atom stereocenters. The third kappa shape index (κ3) is 7.75. The van der Waals surface area contributed by atoms with Crippen LogP contribution in [-0.4, -0.2) is 52.4 Å². The first-order chi connectivity index (χ1) is 15.1. The third-order valence-electron chi connectivity index (χ3n) is 5.43. The lowest BCUT2D eigenvalue weighted by atomic mass is 9.94. The molecule has 0 saturated heterocycles. The zero-order valence-electron chi connectivity index (χ0n) is 19.0. The quantitative estimate of drug-likeness (QED) is 0.496. The number of rotatable bonds is 1. The highest BCUT2D eigenvalue weighted by atomic mass is 16.5. The van der Waals surface area contributed by atoms with Crippen LogP contribution in [0.15, 0.2) is 53.6 Å². The fourth-order valence-corrected chi connectivity index (χ4v) is 3.56. The Labute approximate surface area is 189 Å². The average molecular weight is 444 g/mol. The Morgan fingerprint density at radius 3 is 2.50 bits per heavy atom. The van der Waals surface area contributed by atoms with E-state index in [4.69, 9.17) is 4.74 Å². The molecule has 1 aliphatic heterocycles. The molecule has 0 saturated carbocycles. The fourth-order valence-electron chi connectivity index (χ4n) is 3.56. The van der Waals surface area contributed by atoms with Gasteiger partial charge in [-0.3, -0.25) is 9.59 Å². The molecule has 1 heterocycles. The summed E-state index contributed by atoms with van der Waals surface area (Å²) >= 11 is 0. The number of phenols is 1. The average Bonchev–Trinajstić information content (AvgIpc) is 2.69. The molecular formula is C25H33NO6. The molecule has 2 bridgehead atoms. The van der Waals surface area contributed by atoms with E-state index in [1.54, 1.807) is 44.2 Å². The van der Waals surface area contributed by atoms with Crippen LogP contribution in [0.4, 0.5) is 5.69 Å². The number of hydrogen-bond donors (Lipinski definition) is 4. The van der Waals surface area contributed by atoms with E-state index in [1.807, 2.05) is 13.0 Å². The van der Waals surface area contributed by atoms with Crippen molar-refractivity contribution in [2.75, 3.05) is 12.4 Å². The first kappa shape index (κ1) is 25.5. The molecule has 4 atom stereocenters. The second-order valence-corrected chi connectivity index (χ2v) is 8.39. The molecule has 0 spiro atoms. The number of ether oxygens (including phenoxy) is 1. The van der Waals surface area contributed by atoms with Crippen LogP contribution in [0.3, 0.4) is 0 Å². The molecule has 1 aromatic carbocycles. The van der Waals surface area contributed by atoms with Crippen LogP contribution in [0.25, 0.3) is 0 Å². The molecule has 174 valence electrons. The van der Waals surface area contributed by atoms with E-state index in [0.29, 0.717) is 17.7 Å². The minimum absolute atomic E-state index is 0.0246. The fraction of sp³-hybridized carbons (Fsp3) is 0.440. The summed E-state index contributed by atoms with van der Waals surface area (Å²) in [5.41, 5.74) is 2.73. The molecule has 7 nitrogen and oxygen atoms in total. The Morgan fingerprint density at radius 2 is 1.81 bits per heavy atom. The van der Waals surface area contributed by atoms with Gasteiger partial charge in [-0.15, -0.1) is 0 Å². The summed E-state index contributed by atoms with van der Waals surface area (Å²) in [4.78, 5) is 25.0. The summed E-state index contributed by atoms with van der Waals surface area (Å²) in [5.74, 6) is -1.04. The second kappa shape index (κ2) is 11.8. The number of carbonyl (C=O) groups is 2. The number of hydrogen-bond acceptors (Lipinski definition) is 6. The lowest BCUT2D eigenvalue weighted by Crippen LogP contribution is -2.28. The van der Waals surface area contributed by atoms with Gasteiger partial charge in [0.15, 0.2) is 5.78 Å². The number of methoxy groups -OCH3 is 1. The monoisotopic (exact) mass is 443 g/mol. The first-order valence-electron chi connectivity index (χ1n) is 10.7. The number of allylic oxidation sites excluding steroid dienone is 3. The van der Waals surface area contributed by atoms with Crippen molar-refractivity contribution in [3.8, 4) is 5.75 Å². The van der Waals surface area contributed by atoms with E-state index in [2.05, 4.69) is 5.32 Å². The number of Topliss-reactive ketones (excluding diaryl/α,β-unsaturated/α-hetero) is 1. The molecule has 0 radical (unpaired) electrons. The molecule has 0 aliphatic carbocycles. The number of aliphatic hydroxyl groups is 2. The highest BCUT2D eigenvalue weighted by Gasteiger charge is 2.23. The number of aromatic hydroxyl groups is 1. The number of amides is 1. The van der Waals surface area contributed by atoms with Gasteiger partial charge in [0.1, 0.15) is 11.9 Å². The summed E-state index contributed by atoms with van der Waals surface area (Å²) in [5, 5.41) is 33.6. The number of aliphatic hydroxyl groups excluding tert-OH is 2. The van der Waals surface area contributed by atoms with Crippen molar-refractivity contribution in [2.45, 2.75) is 58.3 Å². The summed E-state index contributed by atoms with van der Waals surface area (Å²) in [6.07, 6.45) is 4.35. The molecule has 0 aromatic heterocycles. The third-order valence-corrected chi connectivity index (χ3v) is 5.43. The van der Waals surface area contributed by atoms with Crippen molar-refractivity contribution in [1.29, 1.82) is 0 Å². The van der Waals surface area contributed by atoms with Crippen LogP contribution in [0, 0.1) is 5.92 Å². The van der Waals surface area contributed by atoms with Crippen LogP contribution >= 0.6 is 0 Å². The number of ketones is 1. The molecular weight excluding hydrogens is 410 g/mol. The molecule has 1 aromatic rings. The molecule has 7 heteroatoms. The number of carbonyl (C=O) groups excluding carboxylic acids is 2. The Balaban J connectivity index is 2.38. The van der Waals surface area contributed by atoms with Gasteiger partial charge < -0.3 is 25.4 Å². The minimum atomic E-state index is -1.04. The van der Waals surface area contributed by atoms with Gasteiger partial charge in [-0.2, -0.15) is 0 Å². The zero-order valence-corrected chi connectivity index (χ0v) is 19.0. The van der Waals surface area contributed by atoms with Crippen molar-refractivity contribution in [1.82, 2.24) is 0 Å². The highest BCUT2D eigenvalue weighted by Crippen LogP contribution is 2.23. The van der Waals surface area contributed by atoms with Crippen LogP contribution in [0.5, 0.6) is 5.75 Å². The van der Waals surface area contributed by atoms with Gasteiger partial charge in [0, 0.05) is 31.2 Å². The zero-order chi connectivity index (χ0) is 23.8. The standard InChI is InChI=1S/C25H33NO6/c1-15-6-5-7-24(32-4)23(30)13-21(28)16(2)9-17(3)22(29)14-25(31)26-19-10-18(8-15)11-20(27)12-19/h5-7,9-12,16,21-22,24,27-29H,8,13-14H2,1-4H3,(H,26,31)/b7-5+,15-6+,17-9+/t16-,21-,22-,24+/m0/s1. The number of phenolic OH excluding ortho intramolecular Hbond substituents is 1. The van der Waals surface area contributed by atoms with E-state index in [0.717, 1.165) is 11.1 Å². The van der Waals surface area contributed by atoms with Gasteiger partial charge in [0.05, 0.1) is 18.6 Å². The number of benzene rings is 1. The molecule has 0 fully saturated rings. The van der Waals surface area contributed by atoms with E-state index >= 15 is 0 Å². The van der Waals surface area contributed by atoms with E-state index in [1.165, 1.54) is 13.2 Å². The summed E-state index contributed by atoms with van der Waals surface area (Å²) in [6, 6.07) is 4.83. The normalized spacial score (nSPS) is 30.6. The Morgan fingerprint density at radius 1 is 1.09 bits per heavy atom. The molecule has 1 aliphatic rings. The van der Waals surface area contributed by atoms with Crippen LogP contribution in [0.1, 0.15) is 39.2 Å². The van der Waals surface area contributed by atoms with Crippen molar-refractivity contribution in [3.63, 3.8) is 0 Å². The van der Waals surface area contributed by atoms with Crippen LogP contribution < -0.4 is 5.32 Å². The summed E-state index contributed by atoms with van der Waals surface area (Å²) < 4.78 is 5.27. The van der Waals surface area contributed by atoms with Crippen molar-refractivity contribution < 1.29 is 29.6 Å². The van der Waals surface area contributed by atoms with Gasteiger partial charge in [-0.25, -0.2) is 0 Å². The van der Waals surface area contributed by atoms with Gasteiger partial charge in [0.25, 0.3) is 0 Å². The molecule has 4 N–H and O–H groups in total. The number of fused-ring (bicyclic) bond motifs is 2. The smallest absolute Gasteiger partial charge is 0.227 e. The van der Waals surface area contributed by atoms with Crippen LogP contribution in [-0.2, 0) is 20.7 Å². The number of anilines is 1. The van der Waals surface area contributed by atoms with Crippen molar-refractivity contribution >= 4 is 17.4 Å². The maximum absolute atomic E-state index is 12.6. The van der Waals surface area contributed by atoms with Gasteiger partial charge in [-0.1, -0.05) is 30.7 Å². The van der Waals surface area contributed by atoms with Gasteiger partial charge in [0.2, 0.25) is 5.91 Å². The lowest BCUT2D eigenvalue weighted by molar-refractivity contribution is -0.128. The Kier molecular flexibility index (Phi) is 9.38. The Bertz CT molecular complexity index is 917. The van der Waals surface area contributed by atoms with E-state index < -0.39 is 30.1 Å². The van der Waals surface area contributed by atoms with E-state index in [-0.39, 0.29) is 24.4 Å². The lowest BCUT2D eigenvalue weighted by Gasteiger charge is -2.19. The summed E-state index contributed by atoms with van der Waals surface area (Å²) in [7, 11) is 1.44. The van der Waals surface area contributed by atoms with Gasteiger partial charge in [-0.05, 0) is 49.6 Å². The largest absolute Gasteiger partial charge is 0.508 e. The molecule has 32 heavy (non-hydrogen) atoms. The second-order valence-electron chi connectivity index (χ2n) is 8.39. The highest BCUT2D eigenvalue weighted by molar-refractivity contribution is 5.91. The predicted molar refractivity (Wildman–Crippen MR) is 123 cm³/mol. The SMILES string of the molecule is CO[C@@H]1/C=C/C=C(\C)Cc2cc(O)cc(c2)NC(=O)C[C@H](O)/C(C)=C/[C@H](C)[C@@H](O)CC1=O. The Hall–Kier alpha value is -2.74.